The lowest BCUT2D eigenvalue weighted by Gasteiger charge is -2.12. The van der Waals surface area contributed by atoms with E-state index in [1.54, 1.807) is 0 Å². The fourth-order valence-electron chi connectivity index (χ4n) is 1.55. The van der Waals surface area contributed by atoms with Gasteiger partial charge in [-0.3, -0.25) is 0 Å². The normalized spacial score (nSPS) is 10.4. The number of hydrogen-bond donors (Lipinski definition) is 1. The van der Waals surface area contributed by atoms with Crippen LogP contribution in [0.5, 0.6) is 5.75 Å². The molecule has 0 saturated carbocycles. The summed E-state index contributed by atoms with van der Waals surface area (Å²) in [7, 11) is 0. The van der Waals surface area contributed by atoms with E-state index < -0.39 is 0 Å². The van der Waals surface area contributed by atoms with Gasteiger partial charge in [0.25, 0.3) is 0 Å². The van der Waals surface area contributed by atoms with Crippen molar-refractivity contribution < 1.29 is 4.74 Å². The van der Waals surface area contributed by atoms with Crippen LogP contribution in [-0.4, -0.2) is 13.2 Å². The van der Waals surface area contributed by atoms with Crippen LogP contribution in [0.15, 0.2) is 12.1 Å². The number of unbranched alkanes of at least 4 members (excludes halogenated alkanes) is 1. The molecule has 0 bridgehead atoms. The average molecular weight is 228 g/mol. The zero-order valence-electron chi connectivity index (χ0n) is 9.35. The molecule has 0 aliphatic rings. The van der Waals surface area contributed by atoms with Crippen molar-refractivity contribution in [1.29, 1.82) is 0 Å². The lowest BCUT2D eigenvalue weighted by atomic mass is 10.1. The summed E-state index contributed by atoms with van der Waals surface area (Å²) in [6.45, 7) is 5.47. The number of halogens is 1. The van der Waals surface area contributed by atoms with Gasteiger partial charge in [-0.1, -0.05) is 11.6 Å². The summed E-state index contributed by atoms with van der Waals surface area (Å²) in [5.41, 5.74) is 7.60. The number of rotatable bonds is 5. The Hall–Kier alpha value is -0.730. The quantitative estimate of drug-likeness (QED) is 0.785. The minimum Gasteiger partial charge on any atom is -0.493 e. The van der Waals surface area contributed by atoms with Crippen molar-refractivity contribution in [1.82, 2.24) is 0 Å². The maximum Gasteiger partial charge on any atom is 0.125 e. The van der Waals surface area contributed by atoms with Gasteiger partial charge >= 0.3 is 0 Å². The predicted molar refractivity (Wildman–Crippen MR) is 64.7 cm³/mol. The van der Waals surface area contributed by atoms with Crippen LogP contribution in [-0.2, 0) is 0 Å². The van der Waals surface area contributed by atoms with Crippen molar-refractivity contribution in [2.45, 2.75) is 26.7 Å². The Morgan fingerprint density at radius 1 is 1.20 bits per heavy atom. The molecular formula is C12H18ClNO. The first kappa shape index (κ1) is 12.3. The Morgan fingerprint density at radius 2 is 1.80 bits per heavy atom. The van der Waals surface area contributed by atoms with Crippen molar-refractivity contribution in [3.63, 3.8) is 0 Å². The van der Waals surface area contributed by atoms with E-state index in [1.165, 1.54) is 0 Å². The van der Waals surface area contributed by atoms with Gasteiger partial charge in [0.05, 0.1) is 6.61 Å². The van der Waals surface area contributed by atoms with E-state index in [0.29, 0.717) is 0 Å². The summed E-state index contributed by atoms with van der Waals surface area (Å²) >= 11 is 5.93. The summed E-state index contributed by atoms with van der Waals surface area (Å²) < 4.78 is 5.71. The first-order chi connectivity index (χ1) is 7.15. The third kappa shape index (κ3) is 3.73. The highest BCUT2D eigenvalue weighted by atomic mass is 35.5. The van der Waals surface area contributed by atoms with Crippen molar-refractivity contribution in [2.24, 2.45) is 5.73 Å². The van der Waals surface area contributed by atoms with Gasteiger partial charge < -0.3 is 10.5 Å². The highest BCUT2D eigenvalue weighted by Gasteiger charge is 2.05. The molecule has 0 amide bonds. The largest absolute Gasteiger partial charge is 0.493 e. The van der Waals surface area contributed by atoms with Crippen LogP contribution in [0.2, 0.25) is 5.02 Å². The van der Waals surface area contributed by atoms with Gasteiger partial charge in [0.2, 0.25) is 0 Å². The average Bonchev–Trinajstić information content (AvgIpc) is 2.15. The van der Waals surface area contributed by atoms with E-state index in [9.17, 15) is 0 Å². The molecule has 15 heavy (non-hydrogen) atoms. The molecule has 0 fully saturated rings. The van der Waals surface area contributed by atoms with Crippen LogP contribution in [0, 0.1) is 13.8 Å². The van der Waals surface area contributed by atoms with Gasteiger partial charge in [-0.2, -0.15) is 0 Å². The van der Waals surface area contributed by atoms with Crippen LogP contribution >= 0.6 is 11.6 Å². The third-order valence-corrected chi connectivity index (χ3v) is 2.49. The Kier molecular flexibility index (Phi) is 4.92. The maximum atomic E-state index is 5.93. The summed E-state index contributed by atoms with van der Waals surface area (Å²) in [6, 6.07) is 3.85. The van der Waals surface area contributed by atoms with Crippen molar-refractivity contribution in [3.05, 3.63) is 28.3 Å². The van der Waals surface area contributed by atoms with E-state index in [0.717, 1.165) is 47.9 Å². The molecule has 0 saturated heterocycles. The first-order valence-electron chi connectivity index (χ1n) is 5.24. The van der Waals surface area contributed by atoms with Gasteiger partial charge in [-0.25, -0.2) is 0 Å². The molecule has 0 radical (unpaired) electrons. The molecule has 0 aromatic heterocycles. The molecule has 84 valence electrons. The van der Waals surface area contributed by atoms with E-state index >= 15 is 0 Å². The fraction of sp³-hybridized carbons (Fsp3) is 0.500. The molecule has 0 atom stereocenters. The molecule has 0 aliphatic heterocycles. The van der Waals surface area contributed by atoms with Gasteiger partial charge in [-0.15, -0.1) is 0 Å². The monoisotopic (exact) mass is 227 g/mol. The predicted octanol–water partition coefficient (Wildman–Crippen LogP) is 3.07. The van der Waals surface area contributed by atoms with E-state index in [4.69, 9.17) is 22.1 Å². The second-order valence-corrected chi connectivity index (χ2v) is 4.15. The fourth-order valence-corrected chi connectivity index (χ4v) is 1.87. The highest BCUT2D eigenvalue weighted by Crippen LogP contribution is 2.27. The zero-order chi connectivity index (χ0) is 11.3. The Labute approximate surface area is 96.4 Å². The molecule has 3 heteroatoms. The smallest absolute Gasteiger partial charge is 0.125 e. The SMILES string of the molecule is Cc1cc(Cl)cc(C)c1OCCCCN. The van der Waals surface area contributed by atoms with Crippen molar-refractivity contribution >= 4 is 11.6 Å². The molecule has 0 spiro atoms. The lowest BCUT2D eigenvalue weighted by molar-refractivity contribution is 0.304. The minimum absolute atomic E-state index is 0.723. The molecule has 2 N–H and O–H groups in total. The highest BCUT2D eigenvalue weighted by molar-refractivity contribution is 6.30. The molecule has 0 unspecified atom stereocenters. The number of aryl methyl sites for hydroxylation is 2. The van der Waals surface area contributed by atoms with Crippen LogP contribution in [0.1, 0.15) is 24.0 Å². The standard InChI is InChI=1S/C12H18ClNO/c1-9-7-11(13)8-10(2)12(9)15-6-4-3-5-14/h7-8H,3-6,14H2,1-2H3. The minimum atomic E-state index is 0.723. The second-order valence-electron chi connectivity index (χ2n) is 3.71. The first-order valence-corrected chi connectivity index (χ1v) is 5.62. The lowest BCUT2D eigenvalue weighted by Crippen LogP contribution is -2.04. The van der Waals surface area contributed by atoms with E-state index in [1.807, 2.05) is 26.0 Å². The van der Waals surface area contributed by atoms with Crippen LogP contribution in [0.25, 0.3) is 0 Å². The number of benzene rings is 1. The number of nitrogens with two attached hydrogens (primary N) is 1. The molecule has 2 nitrogen and oxygen atoms in total. The summed E-state index contributed by atoms with van der Waals surface area (Å²) in [6.07, 6.45) is 2.00. The van der Waals surface area contributed by atoms with Crippen LogP contribution in [0.3, 0.4) is 0 Å². The van der Waals surface area contributed by atoms with Crippen molar-refractivity contribution in [2.75, 3.05) is 13.2 Å². The molecule has 0 heterocycles. The topological polar surface area (TPSA) is 35.2 Å². The van der Waals surface area contributed by atoms with Gasteiger partial charge in [0.15, 0.2) is 0 Å². The molecule has 1 aromatic carbocycles. The van der Waals surface area contributed by atoms with Gasteiger partial charge in [0, 0.05) is 5.02 Å². The molecule has 1 rings (SSSR count). The number of ether oxygens (including phenoxy) is 1. The Balaban J connectivity index is 2.60. The Bertz CT molecular complexity index is 302. The van der Waals surface area contributed by atoms with Gasteiger partial charge in [0.1, 0.15) is 5.75 Å². The summed E-state index contributed by atoms with van der Waals surface area (Å²) in [5.74, 6) is 0.955. The second kappa shape index (κ2) is 5.99. The van der Waals surface area contributed by atoms with Crippen LogP contribution < -0.4 is 10.5 Å². The zero-order valence-corrected chi connectivity index (χ0v) is 10.1. The van der Waals surface area contributed by atoms with Crippen LogP contribution in [0.4, 0.5) is 0 Å². The summed E-state index contributed by atoms with van der Waals surface area (Å²) in [4.78, 5) is 0. The molecule has 0 aliphatic carbocycles. The van der Waals surface area contributed by atoms with E-state index in [-0.39, 0.29) is 0 Å². The van der Waals surface area contributed by atoms with Crippen molar-refractivity contribution in [3.8, 4) is 5.75 Å². The van der Waals surface area contributed by atoms with Gasteiger partial charge in [-0.05, 0) is 56.5 Å². The summed E-state index contributed by atoms with van der Waals surface area (Å²) in [5, 5.41) is 0.763. The third-order valence-electron chi connectivity index (χ3n) is 2.27. The molecule has 1 aromatic rings. The Morgan fingerprint density at radius 3 is 2.33 bits per heavy atom. The van der Waals surface area contributed by atoms with E-state index in [2.05, 4.69) is 0 Å². The maximum absolute atomic E-state index is 5.93. The molecular weight excluding hydrogens is 210 g/mol. The number of hydrogen-bond acceptors (Lipinski definition) is 2.